The summed E-state index contributed by atoms with van der Waals surface area (Å²) < 4.78 is 0. The average Bonchev–Trinajstić information content (AvgIpc) is 2.90. The predicted octanol–water partition coefficient (Wildman–Crippen LogP) is 2.18. The lowest BCUT2D eigenvalue weighted by Gasteiger charge is -2.19. The van der Waals surface area contributed by atoms with Crippen molar-refractivity contribution < 1.29 is 4.79 Å². The topological polar surface area (TPSA) is 71.0 Å². The van der Waals surface area contributed by atoms with Gasteiger partial charge in [-0.05, 0) is 30.5 Å². The van der Waals surface area contributed by atoms with Gasteiger partial charge in [-0.15, -0.1) is 0 Å². The fraction of sp³-hybridized carbons (Fsp3) is 0.412. The van der Waals surface area contributed by atoms with Crippen LogP contribution in [0.15, 0.2) is 36.9 Å². The Morgan fingerprint density at radius 1 is 1.04 bits per heavy atom. The molecule has 1 amide bonds. The predicted molar refractivity (Wildman–Crippen MR) is 88.1 cm³/mol. The summed E-state index contributed by atoms with van der Waals surface area (Å²) in [6.45, 7) is 2.45. The average molecular weight is 311 g/mol. The Morgan fingerprint density at radius 2 is 1.70 bits per heavy atom. The van der Waals surface area contributed by atoms with Crippen LogP contribution in [0.25, 0.3) is 0 Å². The van der Waals surface area contributed by atoms with Gasteiger partial charge in [-0.2, -0.15) is 0 Å². The van der Waals surface area contributed by atoms with Gasteiger partial charge in [0.25, 0.3) is 5.91 Å². The summed E-state index contributed by atoms with van der Waals surface area (Å²) in [6, 6.07) is 3.75. The van der Waals surface area contributed by atoms with E-state index < -0.39 is 0 Å². The Hall–Kier alpha value is -2.50. The fourth-order valence-electron chi connectivity index (χ4n) is 2.66. The third-order valence-corrected chi connectivity index (χ3v) is 3.99. The molecule has 0 radical (unpaired) electrons. The summed E-state index contributed by atoms with van der Waals surface area (Å²) in [5, 5.41) is 2.86. The van der Waals surface area contributed by atoms with E-state index in [4.69, 9.17) is 0 Å². The van der Waals surface area contributed by atoms with Crippen LogP contribution < -0.4 is 10.2 Å². The fourth-order valence-corrected chi connectivity index (χ4v) is 2.66. The maximum atomic E-state index is 12.1. The Balaban J connectivity index is 1.58. The Morgan fingerprint density at radius 3 is 2.35 bits per heavy atom. The van der Waals surface area contributed by atoms with Crippen molar-refractivity contribution in [2.45, 2.75) is 32.2 Å². The van der Waals surface area contributed by atoms with Gasteiger partial charge in [0.15, 0.2) is 0 Å². The van der Waals surface area contributed by atoms with Crippen molar-refractivity contribution in [3.05, 3.63) is 48.0 Å². The van der Waals surface area contributed by atoms with E-state index in [1.54, 1.807) is 24.8 Å². The summed E-state index contributed by atoms with van der Waals surface area (Å²) in [4.78, 5) is 27.0. The highest BCUT2D eigenvalue weighted by Gasteiger charge is 2.13. The van der Waals surface area contributed by atoms with E-state index in [9.17, 15) is 4.79 Å². The van der Waals surface area contributed by atoms with Gasteiger partial charge >= 0.3 is 0 Å². The van der Waals surface area contributed by atoms with Crippen LogP contribution >= 0.6 is 0 Å². The monoisotopic (exact) mass is 311 g/mol. The highest BCUT2D eigenvalue weighted by Crippen LogP contribution is 2.15. The van der Waals surface area contributed by atoms with Crippen molar-refractivity contribution >= 4 is 11.9 Å². The van der Waals surface area contributed by atoms with Gasteiger partial charge in [0, 0.05) is 44.4 Å². The summed E-state index contributed by atoms with van der Waals surface area (Å²) in [5.74, 6) is 0.557. The summed E-state index contributed by atoms with van der Waals surface area (Å²) >= 11 is 0. The number of hydrogen-bond donors (Lipinski definition) is 1. The zero-order valence-corrected chi connectivity index (χ0v) is 13.1. The first kappa shape index (κ1) is 15.4. The number of anilines is 1. The van der Waals surface area contributed by atoms with Gasteiger partial charge in [0.05, 0.1) is 5.56 Å². The molecular formula is C17H21N5O. The van der Waals surface area contributed by atoms with Gasteiger partial charge in [-0.1, -0.05) is 12.8 Å². The number of carbonyl (C=O) groups excluding carboxylic acids is 1. The summed E-state index contributed by atoms with van der Waals surface area (Å²) in [6.07, 6.45) is 11.5. The van der Waals surface area contributed by atoms with Gasteiger partial charge in [-0.25, -0.2) is 9.97 Å². The molecule has 3 rings (SSSR count). The lowest BCUT2D eigenvalue weighted by Crippen LogP contribution is -2.27. The normalized spacial score (nSPS) is 15.0. The third-order valence-electron chi connectivity index (χ3n) is 3.99. The number of pyridine rings is 1. The SMILES string of the molecule is O=C(NCc1ccncc1)c1cnc(N2CCCCCC2)nc1. The third kappa shape index (κ3) is 4.25. The molecule has 6 heteroatoms. The molecule has 0 bridgehead atoms. The van der Waals surface area contributed by atoms with Crippen LogP contribution in [0, 0.1) is 0 Å². The molecule has 1 aliphatic heterocycles. The quantitative estimate of drug-likeness (QED) is 0.937. The Kier molecular flexibility index (Phi) is 5.13. The second-order valence-electron chi connectivity index (χ2n) is 5.71. The van der Waals surface area contributed by atoms with Crippen LogP contribution in [0.2, 0.25) is 0 Å². The molecule has 1 N–H and O–H groups in total. The molecule has 3 heterocycles. The molecular weight excluding hydrogens is 290 g/mol. The molecule has 0 unspecified atom stereocenters. The zero-order valence-electron chi connectivity index (χ0n) is 13.1. The van der Waals surface area contributed by atoms with E-state index in [0.717, 1.165) is 24.6 Å². The van der Waals surface area contributed by atoms with Crippen LogP contribution in [0.1, 0.15) is 41.6 Å². The van der Waals surface area contributed by atoms with E-state index in [0.29, 0.717) is 12.1 Å². The number of carbonyl (C=O) groups is 1. The first-order valence-corrected chi connectivity index (χ1v) is 8.07. The molecule has 2 aromatic rings. The van der Waals surface area contributed by atoms with Gasteiger partial charge < -0.3 is 10.2 Å². The van der Waals surface area contributed by atoms with Crippen LogP contribution in [0.4, 0.5) is 5.95 Å². The second kappa shape index (κ2) is 7.67. The maximum absolute atomic E-state index is 12.1. The first-order chi connectivity index (χ1) is 11.3. The molecule has 2 aromatic heterocycles. The molecule has 1 saturated heterocycles. The van der Waals surface area contributed by atoms with E-state index >= 15 is 0 Å². The van der Waals surface area contributed by atoms with E-state index in [1.807, 2.05) is 12.1 Å². The number of hydrogen-bond acceptors (Lipinski definition) is 5. The molecule has 1 fully saturated rings. The molecule has 0 aliphatic carbocycles. The minimum atomic E-state index is -0.163. The van der Waals surface area contributed by atoms with Crippen LogP contribution in [-0.2, 0) is 6.54 Å². The van der Waals surface area contributed by atoms with Crippen molar-refractivity contribution in [3.8, 4) is 0 Å². The number of aromatic nitrogens is 3. The Bertz CT molecular complexity index is 621. The first-order valence-electron chi connectivity index (χ1n) is 8.07. The van der Waals surface area contributed by atoms with Crippen LogP contribution in [0.5, 0.6) is 0 Å². The van der Waals surface area contributed by atoms with Crippen molar-refractivity contribution in [2.24, 2.45) is 0 Å². The lowest BCUT2D eigenvalue weighted by atomic mass is 10.2. The van der Waals surface area contributed by atoms with E-state index in [1.165, 1.54) is 25.7 Å². The lowest BCUT2D eigenvalue weighted by molar-refractivity contribution is 0.0950. The maximum Gasteiger partial charge on any atom is 0.254 e. The number of nitrogens with zero attached hydrogens (tertiary/aromatic N) is 4. The van der Waals surface area contributed by atoms with Crippen molar-refractivity contribution in [1.82, 2.24) is 20.3 Å². The van der Waals surface area contributed by atoms with Gasteiger partial charge in [-0.3, -0.25) is 9.78 Å². The van der Waals surface area contributed by atoms with Crippen molar-refractivity contribution in [3.63, 3.8) is 0 Å². The smallest absolute Gasteiger partial charge is 0.254 e. The van der Waals surface area contributed by atoms with Crippen molar-refractivity contribution in [1.29, 1.82) is 0 Å². The highest BCUT2D eigenvalue weighted by molar-refractivity contribution is 5.93. The number of nitrogens with one attached hydrogen (secondary N) is 1. The minimum Gasteiger partial charge on any atom is -0.348 e. The number of amides is 1. The number of rotatable bonds is 4. The molecule has 0 saturated carbocycles. The standard InChI is InChI=1S/C17H21N5O/c23-16(19-11-14-5-7-18-8-6-14)15-12-20-17(21-13-15)22-9-3-1-2-4-10-22/h5-8,12-13H,1-4,9-11H2,(H,19,23). The van der Waals surface area contributed by atoms with Crippen LogP contribution in [0.3, 0.4) is 0 Å². The molecule has 0 aromatic carbocycles. The van der Waals surface area contributed by atoms with Gasteiger partial charge in [0.2, 0.25) is 5.95 Å². The molecule has 23 heavy (non-hydrogen) atoms. The zero-order chi connectivity index (χ0) is 15.9. The highest BCUT2D eigenvalue weighted by atomic mass is 16.1. The molecule has 120 valence electrons. The van der Waals surface area contributed by atoms with Crippen LogP contribution in [-0.4, -0.2) is 33.9 Å². The molecule has 0 atom stereocenters. The van der Waals surface area contributed by atoms with E-state index in [2.05, 4.69) is 25.2 Å². The summed E-state index contributed by atoms with van der Waals surface area (Å²) in [5.41, 5.74) is 1.49. The molecule has 0 spiro atoms. The summed E-state index contributed by atoms with van der Waals surface area (Å²) in [7, 11) is 0. The Labute approximate surface area is 136 Å². The minimum absolute atomic E-state index is 0.163. The van der Waals surface area contributed by atoms with Crippen molar-refractivity contribution in [2.75, 3.05) is 18.0 Å². The largest absolute Gasteiger partial charge is 0.348 e. The molecule has 1 aliphatic rings. The molecule has 6 nitrogen and oxygen atoms in total. The van der Waals surface area contributed by atoms with Gasteiger partial charge in [0.1, 0.15) is 0 Å². The van der Waals surface area contributed by atoms with E-state index in [-0.39, 0.29) is 5.91 Å². The second-order valence-corrected chi connectivity index (χ2v) is 5.71.